The number of primary amides is 1. The largest absolute Gasteiger partial charge is 0.466 e. The van der Waals surface area contributed by atoms with Gasteiger partial charge in [-0.1, -0.05) is 20.8 Å². The first-order valence-electron chi connectivity index (χ1n) is 6.05. The van der Waals surface area contributed by atoms with Crippen molar-refractivity contribution in [3.05, 3.63) is 0 Å². The van der Waals surface area contributed by atoms with Crippen LogP contribution in [0.4, 0.5) is 0 Å². The number of ether oxygens (including phenoxy) is 1. The van der Waals surface area contributed by atoms with E-state index in [1.165, 1.54) is 0 Å². The Morgan fingerprint density at radius 2 is 1.78 bits per heavy atom. The summed E-state index contributed by atoms with van der Waals surface area (Å²) in [4.78, 5) is 34.2. The van der Waals surface area contributed by atoms with Gasteiger partial charge in [-0.15, -0.1) is 0 Å². The topological polar surface area (TPSA) is 98.5 Å². The Kier molecular flexibility index (Phi) is 7.00. The second kappa shape index (κ2) is 7.68. The SMILES string of the molecule is CCOC(=O)[C@@H](C)C[C@@H](NC(=O)C(C)C)C(N)=O. The molecule has 0 saturated heterocycles. The number of carbonyl (C=O) groups is 3. The summed E-state index contributed by atoms with van der Waals surface area (Å²) in [5, 5.41) is 2.52. The molecule has 0 rings (SSSR count). The molecule has 104 valence electrons. The maximum Gasteiger partial charge on any atom is 0.308 e. The van der Waals surface area contributed by atoms with Crippen LogP contribution in [0.2, 0.25) is 0 Å². The van der Waals surface area contributed by atoms with E-state index in [0.29, 0.717) is 0 Å². The molecule has 0 aromatic heterocycles. The lowest BCUT2D eigenvalue weighted by Crippen LogP contribution is -2.47. The summed E-state index contributed by atoms with van der Waals surface area (Å²) < 4.78 is 4.83. The van der Waals surface area contributed by atoms with Crippen LogP contribution < -0.4 is 11.1 Å². The maximum absolute atomic E-state index is 11.5. The molecule has 0 fully saturated rings. The molecule has 6 nitrogen and oxygen atoms in total. The predicted octanol–water partition coefficient (Wildman–Crippen LogP) is 0.202. The highest BCUT2D eigenvalue weighted by Crippen LogP contribution is 2.09. The van der Waals surface area contributed by atoms with Crippen LogP contribution in [0.25, 0.3) is 0 Å². The average molecular weight is 258 g/mol. The molecule has 0 aromatic carbocycles. The first-order chi connectivity index (χ1) is 8.29. The van der Waals surface area contributed by atoms with Crippen LogP contribution in [-0.4, -0.2) is 30.4 Å². The van der Waals surface area contributed by atoms with E-state index in [1.807, 2.05) is 0 Å². The van der Waals surface area contributed by atoms with E-state index in [0.717, 1.165) is 0 Å². The number of nitrogens with one attached hydrogen (secondary N) is 1. The minimum Gasteiger partial charge on any atom is -0.466 e. The fourth-order valence-corrected chi connectivity index (χ4v) is 1.32. The van der Waals surface area contributed by atoms with Gasteiger partial charge in [-0.2, -0.15) is 0 Å². The summed E-state index contributed by atoms with van der Waals surface area (Å²) in [5.41, 5.74) is 5.20. The molecule has 0 unspecified atom stereocenters. The van der Waals surface area contributed by atoms with Crippen molar-refractivity contribution in [1.82, 2.24) is 5.32 Å². The van der Waals surface area contributed by atoms with E-state index in [2.05, 4.69) is 5.32 Å². The van der Waals surface area contributed by atoms with E-state index in [1.54, 1.807) is 27.7 Å². The molecule has 0 bridgehead atoms. The van der Waals surface area contributed by atoms with E-state index in [4.69, 9.17) is 10.5 Å². The van der Waals surface area contributed by atoms with Crippen LogP contribution in [0.1, 0.15) is 34.1 Å². The van der Waals surface area contributed by atoms with Crippen LogP contribution in [-0.2, 0) is 19.1 Å². The highest BCUT2D eigenvalue weighted by Gasteiger charge is 2.25. The fourth-order valence-electron chi connectivity index (χ4n) is 1.32. The van der Waals surface area contributed by atoms with Crippen LogP contribution in [0.15, 0.2) is 0 Å². The number of esters is 1. The molecule has 0 heterocycles. The lowest BCUT2D eigenvalue weighted by Gasteiger charge is -2.19. The number of carbonyl (C=O) groups excluding carboxylic acids is 3. The summed E-state index contributed by atoms with van der Waals surface area (Å²) in [5.74, 6) is -2.06. The summed E-state index contributed by atoms with van der Waals surface area (Å²) >= 11 is 0. The van der Waals surface area contributed by atoms with Gasteiger partial charge < -0.3 is 15.8 Å². The zero-order valence-corrected chi connectivity index (χ0v) is 11.4. The molecule has 0 aromatic rings. The predicted molar refractivity (Wildman–Crippen MR) is 66.4 cm³/mol. The molecule has 0 radical (unpaired) electrons. The molecular formula is C12H22N2O4. The Balaban J connectivity index is 4.49. The monoisotopic (exact) mass is 258 g/mol. The molecule has 0 spiro atoms. The van der Waals surface area contributed by atoms with E-state index in [9.17, 15) is 14.4 Å². The first kappa shape index (κ1) is 16.4. The van der Waals surface area contributed by atoms with Gasteiger partial charge in [0.25, 0.3) is 0 Å². The summed E-state index contributed by atoms with van der Waals surface area (Å²) in [6, 6.07) is -0.848. The molecule has 0 aliphatic heterocycles. The van der Waals surface area contributed by atoms with Crippen molar-refractivity contribution in [2.45, 2.75) is 40.2 Å². The van der Waals surface area contributed by atoms with Crippen molar-refractivity contribution in [1.29, 1.82) is 0 Å². The number of amides is 2. The van der Waals surface area contributed by atoms with Gasteiger partial charge in [-0.05, 0) is 13.3 Å². The molecule has 2 amide bonds. The Morgan fingerprint density at radius 3 is 2.17 bits per heavy atom. The highest BCUT2D eigenvalue weighted by atomic mass is 16.5. The molecule has 6 heteroatoms. The van der Waals surface area contributed by atoms with Gasteiger partial charge in [0.05, 0.1) is 12.5 Å². The van der Waals surface area contributed by atoms with Crippen LogP contribution in [0, 0.1) is 11.8 Å². The van der Waals surface area contributed by atoms with Crippen molar-refractivity contribution in [3.8, 4) is 0 Å². The summed E-state index contributed by atoms with van der Waals surface area (Å²) in [6.45, 7) is 7.04. The standard InChI is InChI=1S/C12H22N2O4/c1-5-18-12(17)8(4)6-9(10(13)15)14-11(16)7(2)3/h7-9H,5-6H2,1-4H3,(H2,13,15)(H,14,16)/t8-,9+/m0/s1. The lowest BCUT2D eigenvalue weighted by atomic mass is 10.0. The van der Waals surface area contributed by atoms with Crippen molar-refractivity contribution in [3.63, 3.8) is 0 Å². The average Bonchev–Trinajstić information content (AvgIpc) is 2.27. The Labute approximate surface area is 107 Å². The lowest BCUT2D eigenvalue weighted by molar-refractivity contribution is -0.148. The van der Waals surface area contributed by atoms with Crippen molar-refractivity contribution in [2.75, 3.05) is 6.61 Å². The zero-order chi connectivity index (χ0) is 14.3. The molecule has 0 aliphatic rings. The third-order valence-corrected chi connectivity index (χ3v) is 2.46. The van der Waals surface area contributed by atoms with Gasteiger partial charge in [0.2, 0.25) is 11.8 Å². The Morgan fingerprint density at radius 1 is 1.22 bits per heavy atom. The van der Waals surface area contributed by atoms with Crippen molar-refractivity contribution < 1.29 is 19.1 Å². The molecule has 0 saturated carbocycles. The third kappa shape index (κ3) is 5.65. The number of hydrogen-bond acceptors (Lipinski definition) is 4. The van der Waals surface area contributed by atoms with Gasteiger partial charge in [0, 0.05) is 5.92 Å². The fraction of sp³-hybridized carbons (Fsp3) is 0.750. The summed E-state index contributed by atoms with van der Waals surface area (Å²) in [6.07, 6.45) is 0.145. The van der Waals surface area contributed by atoms with Crippen LogP contribution in [0.3, 0.4) is 0 Å². The van der Waals surface area contributed by atoms with E-state index >= 15 is 0 Å². The third-order valence-electron chi connectivity index (χ3n) is 2.46. The quantitative estimate of drug-likeness (QED) is 0.637. The molecular weight excluding hydrogens is 236 g/mol. The molecule has 18 heavy (non-hydrogen) atoms. The zero-order valence-electron chi connectivity index (χ0n) is 11.4. The Bertz CT molecular complexity index is 315. The first-order valence-corrected chi connectivity index (χ1v) is 6.05. The summed E-state index contributed by atoms with van der Waals surface area (Å²) in [7, 11) is 0. The van der Waals surface area contributed by atoms with E-state index in [-0.39, 0.29) is 24.9 Å². The van der Waals surface area contributed by atoms with Gasteiger partial charge >= 0.3 is 5.97 Å². The van der Waals surface area contributed by atoms with Crippen molar-refractivity contribution in [2.24, 2.45) is 17.6 Å². The minimum atomic E-state index is -0.848. The minimum absolute atomic E-state index is 0.145. The van der Waals surface area contributed by atoms with E-state index < -0.39 is 23.8 Å². The van der Waals surface area contributed by atoms with Crippen molar-refractivity contribution >= 4 is 17.8 Å². The number of hydrogen-bond donors (Lipinski definition) is 2. The number of nitrogens with two attached hydrogens (primary N) is 1. The molecule has 0 aliphatic carbocycles. The van der Waals surface area contributed by atoms with Gasteiger partial charge in [0.1, 0.15) is 6.04 Å². The Hall–Kier alpha value is -1.59. The second-order valence-corrected chi connectivity index (χ2v) is 4.51. The normalized spacial score (nSPS) is 13.8. The highest BCUT2D eigenvalue weighted by molar-refractivity contribution is 5.87. The van der Waals surface area contributed by atoms with Crippen LogP contribution in [0.5, 0.6) is 0 Å². The van der Waals surface area contributed by atoms with Gasteiger partial charge in [0.15, 0.2) is 0 Å². The maximum atomic E-state index is 11.5. The molecule has 2 atom stereocenters. The molecule has 3 N–H and O–H groups in total. The number of rotatable bonds is 7. The smallest absolute Gasteiger partial charge is 0.308 e. The van der Waals surface area contributed by atoms with Gasteiger partial charge in [-0.3, -0.25) is 14.4 Å². The van der Waals surface area contributed by atoms with Gasteiger partial charge in [-0.25, -0.2) is 0 Å². The second-order valence-electron chi connectivity index (χ2n) is 4.51. The van der Waals surface area contributed by atoms with Crippen LogP contribution >= 0.6 is 0 Å².